The summed E-state index contributed by atoms with van der Waals surface area (Å²) in [5, 5.41) is 13.2. The zero-order chi connectivity index (χ0) is 9.97. The summed E-state index contributed by atoms with van der Waals surface area (Å²) in [4.78, 5) is 10.0. The van der Waals surface area contributed by atoms with E-state index in [4.69, 9.17) is 0 Å². The Bertz CT molecular complexity index is 424. The van der Waals surface area contributed by atoms with Gasteiger partial charge in [-0.25, -0.2) is 5.06 Å². The van der Waals surface area contributed by atoms with Crippen molar-refractivity contribution in [1.29, 1.82) is 0 Å². The van der Waals surface area contributed by atoms with Crippen molar-refractivity contribution in [2.75, 3.05) is 5.06 Å². The number of nitroso groups, excluding NO2 is 1. The van der Waals surface area contributed by atoms with Gasteiger partial charge in [0.25, 0.3) is 0 Å². The van der Waals surface area contributed by atoms with Gasteiger partial charge in [-0.3, -0.25) is 5.21 Å². The number of hydrogen-bond donors (Lipinski definition) is 1. The first-order valence-corrected chi connectivity index (χ1v) is 4.11. The van der Waals surface area contributed by atoms with Crippen LogP contribution in [0.2, 0.25) is 0 Å². The van der Waals surface area contributed by atoms with Crippen LogP contribution in [-0.2, 0) is 0 Å². The normalized spacial score (nSPS) is 16.9. The zero-order valence-electron chi connectivity index (χ0n) is 7.29. The number of allylic oxidation sites excluding steroid dienone is 1. The van der Waals surface area contributed by atoms with Gasteiger partial charge in [0.2, 0.25) is 0 Å². The lowest BCUT2D eigenvalue weighted by atomic mass is 10.1. The Morgan fingerprint density at radius 3 is 2.86 bits per heavy atom. The van der Waals surface area contributed by atoms with Gasteiger partial charge < -0.3 is 0 Å². The van der Waals surface area contributed by atoms with Crippen molar-refractivity contribution in [3.8, 4) is 0 Å². The molecule has 0 atom stereocenters. The van der Waals surface area contributed by atoms with Crippen LogP contribution in [0.15, 0.2) is 47.4 Å². The predicted molar refractivity (Wildman–Crippen MR) is 53.6 cm³/mol. The molecule has 0 bridgehead atoms. The monoisotopic (exact) mass is 188 g/mol. The lowest BCUT2D eigenvalue weighted by Gasteiger charge is -2.22. The zero-order valence-corrected chi connectivity index (χ0v) is 7.29. The van der Waals surface area contributed by atoms with E-state index >= 15 is 0 Å². The van der Waals surface area contributed by atoms with Crippen LogP contribution < -0.4 is 5.06 Å². The fourth-order valence-corrected chi connectivity index (χ4v) is 1.36. The Morgan fingerprint density at radius 2 is 2.07 bits per heavy atom. The summed E-state index contributed by atoms with van der Waals surface area (Å²) in [7, 11) is 0. The molecule has 1 heterocycles. The molecule has 0 radical (unpaired) electrons. The molecule has 4 nitrogen and oxygen atoms in total. The number of hydroxylamine groups is 1. The molecule has 0 unspecified atom stereocenters. The minimum atomic E-state index is 0.360. The van der Waals surface area contributed by atoms with Crippen LogP contribution in [-0.4, -0.2) is 5.21 Å². The molecule has 0 amide bonds. The molecule has 0 aromatic heterocycles. The second kappa shape index (κ2) is 3.43. The molecule has 2 rings (SSSR count). The van der Waals surface area contributed by atoms with Gasteiger partial charge >= 0.3 is 0 Å². The van der Waals surface area contributed by atoms with Gasteiger partial charge in [-0.05, 0) is 17.3 Å². The molecule has 70 valence electrons. The molecular weight excluding hydrogens is 180 g/mol. The van der Waals surface area contributed by atoms with Crippen LogP contribution in [0.4, 0.5) is 5.69 Å². The smallest absolute Gasteiger partial charge is 0.0976 e. The Kier molecular flexibility index (Phi) is 2.12. The highest BCUT2D eigenvalue weighted by atomic mass is 16.5. The highest BCUT2D eigenvalue weighted by molar-refractivity contribution is 5.74. The number of rotatable bonds is 1. The molecule has 4 heteroatoms. The molecule has 0 saturated heterocycles. The van der Waals surface area contributed by atoms with E-state index in [2.05, 4.69) is 5.18 Å². The van der Waals surface area contributed by atoms with Crippen molar-refractivity contribution in [3.63, 3.8) is 0 Å². The fraction of sp³-hybridized carbons (Fsp3) is 0. The molecule has 0 fully saturated rings. The summed E-state index contributed by atoms with van der Waals surface area (Å²) in [5.74, 6) is 0. The maximum Gasteiger partial charge on any atom is 0.0976 e. The second-order valence-corrected chi connectivity index (χ2v) is 2.86. The van der Waals surface area contributed by atoms with E-state index in [1.54, 1.807) is 12.1 Å². The van der Waals surface area contributed by atoms with E-state index in [-0.39, 0.29) is 0 Å². The van der Waals surface area contributed by atoms with E-state index < -0.39 is 0 Å². The highest BCUT2D eigenvalue weighted by Crippen LogP contribution is 2.28. The third-order valence-electron chi connectivity index (χ3n) is 2.03. The van der Waals surface area contributed by atoms with Gasteiger partial charge in [0.1, 0.15) is 0 Å². The fourth-order valence-electron chi connectivity index (χ4n) is 1.36. The van der Waals surface area contributed by atoms with E-state index in [0.29, 0.717) is 11.4 Å². The highest BCUT2D eigenvalue weighted by Gasteiger charge is 2.14. The third kappa shape index (κ3) is 1.31. The lowest BCUT2D eigenvalue weighted by molar-refractivity contribution is 0.286. The molecule has 1 N–H and O–H groups in total. The molecule has 1 aromatic rings. The van der Waals surface area contributed by atoms with Gasteiger partial charge in [-0.15, -0.1) is 4.91 Å². The first-order chi connectivity index (χ1) is 6.83. The number of para-hydroxylation sites is 1. The first-order valence-electron chi connectivity index (χ1n) is 4.11. The van der Waals surface area contributed by atoms with Crippen LogP contribution in [0.25, 0.3) is 6.08 Å². The maximum absolute atomic E-state index is 10.0. The molecule has 0 saturated carbocycles. The van der Waals surface area contributed by atoms with Gasteiger partial charge in [0.15, 0.2) is 0 Å². The van der Waals surface area contributed by atoms with Crippen LogP contribution in [0, 0.1) is 4.91 Å². The summed E-state index contributed by atoms with van der Waals surface area (Å²) in [5.41, 5.74) is 1.90. The lowest BCUT2D eigenvalue weighted by Crippen LogP contribution is -2.19. The number of benzene rings is 1. The number of fused-ring (bicyclic) bond motifs is 1. The largest absolute Gasteiger partial charge is 0.283 e. The van der Waals surface area contributed by atoms with Crippen molar-refractivity contribution in [3.05, 3.63) is 52.7 Å². The Labute approximate surface area is 80.7 Å². The van der Waals surface area contributed by atoms with Crippen LogP contribution >= 0.6 is 0 Å². The number of anilines is 1. The average molecular weight is 188 g/mol. The maximum atomic E-state index is 10.0. The standard InChI is InChI=1S/C10H8N2O2/c13-11-7-9-6-5-8-3-1-2-4-10(8)12(9)14/h1-7,14H/b9-7+. The SMILES string of the molecule is O=N/C=C1\C=Cc2ccccc2N1O. The van der Waals surface area contributed by atoms with E-state index in [1.807, 2.05) is 24.3 Å². The molecule has 14 heavy (non-hydrogen) atoms. The minimum Gasteiger partial charge on any atom is -0.283 e. The molecule has 1 aliphatic heterocycles. The van der Waals surface area contributed by atoms with Gasteiger partial charge in [-0.1, -0.05) is 24.3 Å². The summed E-state index contributed by atoms with van der Waals surface area (Å²) < 4.78 is 0. The molecule has 0 aliphatic carbocycles. The van der Waals surface area contributed by atoms with Gasteiger partial charge in [0.05, 0.1) is 17.6 Å². The Balaban J connectivity index is 2.49. The van der Waals surface area contributed by atoms with Crippen molar-refractivity contribution >= 4 is 11.8 Å². The topological polar surface area (TPSA) is 52.9 Å². The van der Waals surface area contributed by atoms with Crippen molar-refractivity contribution in [1.82, 2.24) is 0 Å². The Morgan fingerprint density at radius 1 is 1.29 bits per heavy atom. The summed E-state index contributed by atoms with van der Waals surface area (Å²) >= 11 is 0. The van der Waals surface area contributed by atoms with Crippen molar-refractivity contribution in [2.24, 2.45) is 5.18 Å². The third-order valence-corrected chi connectivity index (χ3v) is 2.03. The van der Waals surface area contributed by atoms with Crippen molar-refractivity contribution in [2.45, 2.75) is 0 Å². The summed E-state index contributed by atoms with van der Waals surface area (Å²) in [6.45, 7) is 0. The molecule has 1 aliphatic rings. The summed E-state index contributed by atoms with van der Waals surface area (Å²) in [6.07, 6.45) is 4.51. The van der Waals surface area contributed by atoms with Gasteiger partial charge in [0, 0.05) is 5.56 Å². The van der Waals surface area contributed by atoms with Crippen LogP contribution in [0.5, 0.6) is 0 Å². The molecular formula is C10H8N2O2. The predicted octanol–water partition coefficient (Wildman–Crippen LogP) is 2.52. The molecule has 1 aromatic carbocycles. The second-order valence-electron chi connectivity index (χ2n) is 2.86. The minimum absolute atomic E-state index is 0.360. The number of nitrogens with zero attached hydrogens (tertiary/aromatic N) is 2. The average Bonchev–Trinajstić information content (AvgIpc) is 2.23. The summed E-state index contributed by atoms with van der Waals surface area (Å²) in [6, 6.07) is 7.33. The molecule has 0 spiro atoms. The van der Waals surface area contributed by atoms with Crippen LogP contribution in [0.3, 0.4) is 0 Å². The number of hydrogen-bond acceptors (Lipinski definition) is 4. The van der Waals surface area contributed by atoms with E-state index in [1.165, 1.54) is 0 Å². The first kappa shape index (κ1) is 8.65. The Hall–Kier alpha value is -1.94. The van der Waals surface area contributed by atoms with Crippen molar-refractivity contribution < 1.29 is 5.21 Å². The van der Waals surface area contributed by atoms with E-state index in [9.17, 15) is 10.1 Å². The quantitative estimate of drug-likeness (QED) is 0.689. The van der Waals surface area contributed by atoms with E-state index in [0.717, 1.165) is 16.8 Å². The van der Waals surface area contributed by atoms with Gasteiger partial charge in [-0.2, -0.15) is 0 Å². The van der Waals surface area contributed by atoms with Crippen LogP contribution in [0.1, 0.15) is 5.56 Å².